The number of nitro groups is 1. The summed E-state index contributed by atoms with van der Waals surface area (Å²) in [7, 11) is 0. The van der Waals surface area contributed by atoms with Crippen molar-refractivity contribution in [2.45, 2.75) is 0 Å². The van der Waals surface area contributed by atoms with Gasteiger partial charge in [-0.3, -0.25) is 14.9 Å². The minimum absolute atomic E-state index is 0.105. The summed E-state index contributed by atoms with van der Waals surface area (Å²) in [5.74, 6) is -0.361. The van der Waals surface area contributed by atoms with Crippen LogP contribution in [0.4, 0.5) is 5.88 Å². The van der Waals surface area contributed by atoms with Crippen LogP contribution < -0.4 is 10.1 Å². The van der Waals surface area contributed by atoms with Gasteiger partial charge in [-0.25, -0.2) is 0 Å². The summed E-state index contributed by atoms with van der Waals surface area (Å²) in [6.45, 7) is 0.513. The first kappa shape index (κ1) is 15.5. The van der Waals surface area contributed by atoms with Crippen molar-refractivity contribution in [2.75, 3.05) is 13.2 Å². The van der Waals surface area contributed by atoms with Gasteiger partial charge in [-0.05, 0) is 17.5 Å². The summed E-state index contributed by atoms with van der Waals surface area (Å²) in [6, 6.07) is 16.0. The van der Waals surface area contributed by atoms with Gasteiger partial charge in [0.15, 0.2) is 5.76 Å². The first-order valence-electron chi connectivity index (χ1n) is 7.28. The SMILES string of the molecule is O=C(NCCOc1cccc2ccccc12)c1ccc([N+](=O)[O-])o1. The lowest BCUT2D eigenvalue weighted by atomic mass is 10.1. The van der Waals surface area contributed by atoms with Crippen LogP contribution in [0, 0.1) is 10.1 Å². The Morgan fingerprint density at radius 1 is 1.12 bits per heavy atom. The second-order valence-electron chi connectivity index (χ2n) is 4.98. The van der Waals surface area contributed by atoms with E-state index in [0.717, 1.165) is 22.6 Å². The van der Waals surface area contributed by atoms with E-state index in [1.165, 1.54) is 6.07 Å². The van der Waals surface area contributed by atoms with Gasteiger partial charge < -0.3 is 14.5 Å². The molecule has 0 radical (unpaired) electrons. The van der Waals surface area contributed by atoms with Gasteiger partial charge in [-0.15, -0.1) is 0 Å². The number of nitrogens with zero attached hydrogens (tertiary/aromatic N) is 1. The molecule has 1 heterocycles. The minimum Gasteiger partial charge on any atom is -0.491 e. The Hall–Kier alpha value is -3.35. The summed E-state index contributed by atoms with van der Waals surface area (Å²) < 4.78 is 10.5. The van der Waals surface area contributed by atoms with E-state index in [9.17, 15) is 14.9 Å². The van der Waals surface area contributed by atoms with E-state index in [2.05, 4.69) is 5.32 Å². The number of nitrogens with one attached hydrogen (secondary N) is 1. The smallest absolute Gasteiger partial charge is 0.433 e. The fraction of sp³-hybridized carbons (Fsp3) is 0.118. The number of hydrogen-bond donors (Lipinski definition) is 1. The van der Waals surface area contributed by atoms with Crippen molar-refractivity contribution in [3.63, 3.8) is 0 Å². The van der Waals surface area contributed by atoms with Crippen LogP contribution in [-0.4, -0.2) is 24.0 Å². The zero-order valence-corrected chi connectivity index (χ0v) is 12.6. The third-order valence-corrected chi connectivity index (χ3v) is 3.39. The van der Waals surface area contributed by atoms with Gasteiger partial charge in [-0.1, -0.05) is 36.4 Å². The molecule has 1 N–H and O–H groups in total. The molecule has 24 heavy (non-hydrogen) atoms. The molecule has 1 aromatic heterocycles. The van der Waals surface area contributed by atoms with Crippen molar-refractivity contribution in [1.29, 1.82) is 0 Å². The number of furan rings is 1. The Morgan fingerprint density at radius 3 is 2.71 bits per heavy atom. The quantitative estimate of drug-likeness (QED) is 0.426. The molecule has 0 aliphatic rings. The lowest BCUT2D eigenvalue weighted by Gasteiger charge is -2.09. The van der Waals surface area contributed by atoms with E-state index in [1.807, 2.05) is 42.5 Å². The molecule has 3 aromatic rings. The van der Waals surface area contributed by atoms with Crippen LogP contribution in [0.15, 0.2) is 59.0 Å². The maximum atomic E-state index is 11.8. The number of hydrogen-bond acceptors (Lipinski definition) is 5. The second kappa shape index (κ2) is 6.82. The van der Waals surface area contributed by atoms with Gasteiger partial charge in [0.25, 0.3) is 5.91 Å². The number of rotatable bonds is 6. The summed E-state index contributed by atoms with van der Waals surface area (Å²) in [4.78, 5) is 21.6. The van der Waals surface area contributed by atoms with Crippen LogP contribution in [0.25, 0.3) is 10.8 Å². The Morgan fingerprint density at radius 2 is 1.92 bits per heavy atom. The van der Waals surface area contributed by atoms with Gasteiger partial charge in [0.05, 0.1) is 12.6 Å². The predicted molar refractivity (Wildman–Crippen MR) is 87.1 cm³/mol. The molecular weight excluding hydrogens is 312 g/mol. The van der Waals surface area contributed by atoms with E-state index < -0.39 is 16.7 Å². The summed E-state index contributed by atoms with van der Waals surface area (Å²) in [5.41, 5.74) is 0. The topological polar surface area (TPSA) is 94.6 Å². The molecule has 3 rings (SSSR count). The van der Waals surface area contributed by atoms with E-state index in [-0.39, 0.29) is 18.9 Å². The number of carbonyl (C=O) groups is 1. The molecular formula is C17H14N2O5. The molecule has 0 spiro atoms. The Kier molecular flexibility index (Phi) is 4.42. The third kappa shape index (κ3) is 3.35. The largest absolute Gasteiger partial charge is 0.491 e. The number of benzene rings is 2. The van der Waals surface area contributed by atoms with Crippen molar-refractivity contribution in [1.82, 2.24) is 5.32 Å². The second-order valence-corrected chi connectivity index (χ2v) is 4.98. The van der Waals surface area contributed by atoms with Gasteiger partial charge >= 0.3 is 5.88 Å². The van der Waals surface area contributed by atoms with Crippen LogP contribution in [0.5, 0.6) is 5.75 Å². The monoisotopic (exact) mass is 326 g/mol. The number of ether oxygens (including phenoxy) is 1. The van der Waals surface area contributed by atoms with Gasteiger partial charge in [0.1, 0.15) is 17.3 Å². The molecule has 0 aliphatic carbocycles. The third-order valence-electron chi connectivity index (χ3n) is 3.39. The summed E-state index contributed by atoms with van der Waals surface area (Å²) in [5, 5.41) is 15.2. The summed E-state index contributed by atoms with van der Waals surface area (Å²) >= 11 is 0. The average molecular weight is 326 g/mol. The molecule has 7 heteroatoms. The molecule has 1 amide bonds. The van der Waals surface area contributed by atoms with Gasteiger partial charge in [0, 0.05) is 5.39 Å². The normalized spacial score (nSPS) is 10.5. The van der Waals surface area contributed by atoms with Crippen LogP contribution in [0.2, 0.25) is 0 Å². The Labute approximate surface area is 137 Å². The molecule has 2 aromatic carbocycles. The zero-order chi connectivity index (χ0) is 16.9. The van der Waals surface area contributed by atoms with Crippen molar-refractivity contribution in [3.8, 4) is 5.75 Å². The van der Waals surface area contributed by atoms with Crippen LogP contribution in [-0.2, 0) is 0 Å². The molecule has 0 unspecified atom stereocenters. The highest BCUT2D eigenvalue weighted by Gasteiger charge is 2.16. The highest BCUT2D eigenvalue weighted by molar-refractivity contribution is 5.91. The van der Waals surface area contributed by atoms with E-state index in [4.69, 9.17) is 9.15 Å². The predicted octanol–water partition coefficient (Wildman–Crippen LogP) is 3.15. The highest BCUT2D eigenvalue weighted by atomic mass is 16.6. The number of amides is 1. The maximum Gasteiger partial charge on any atom is 0.433 e. The van der Waals surface area contributed by atoms with E-state index in [0.29, 0.717) is 0 Å². The average Bonchev–Trinajstić information content (AvgIpc) is 3.09. The Bertz CT molecular complexity index is 882. The van der Waals surface area contributed by atoms with Gasteiger partial charge in [-0.2, -0.15) is 0 Å². The fourth-order valence-corrected chi connectivity index (χ4v) is 2.28. The number of fused-ring (bicyclic) bond motifs is 1. The Balaban J connectivity index is 1.54. The van der Waals surface area contributed by atoms with Crippen molar-refractivity contribution < 1.29 is 18.9 Å². The molecule has 0 fully saturated rings. The van der Waals surface area contributed by atoms with Crippen molar-refractivity contribution in [2.24, 2.45) is 0 Å². The molecule has 0 bridgehead atoms. The van der Waals surface area contributed by atoms with Crippen molar-refractivity contribution in [3.05, 3.63) is 70.5 Å². The van der Waals surface area contributed by atoms with Crippen molar-refractivity contribution >= 4 is 22.6 Å². The van der Waals surface area contributed by atoms with E-state index >= 15 is 0 Å². The van der Waals surface area contributed by atoms with Crippen LogP contribution in [0.3, 0.4) is 0 Å². The van der Waals surface area contributed by atoms with Crippen LogP contribution in [0.1, 0.15) is 10.6 Å². The molecule has 122 valence electrons. The van der Waals surface area contributed by atoms with Gasteiger partial charge in [0.2, 0.25) is 0 Å². The summed E-state index contributed by atoms with van der Waals surface area (Å²) in [6.07, 6.45) is 0. The highest BCUT2D eigenvalue weighted by Crippen LogP contribution is 2.24. The molecule has 0 saturated heterocycles. The van der Waals surface area contributed by atoms with E-state index in [1.54, 1.807) is 0 Å². The first-order chi connectivity index (χ1) is 11.6. The lowest BCUT2D eigenvalue weighted by Crippen LogP contribution is -2.27. The fourth-order valence-electron chi connectivity index (χ4n) is 2.28. The zero-order valence-electron chi connectivity index (χ0n) is 12.6. The van der Waals surface area contributed by atoms with Crippen LogP contribution >= 0.6 is 0 Å². The molecule has 7 nitrogen and oxygen atoms in total. The standard InChI is InChI=1S/C17H14N2O5/c20-17(15-8-9-16(24-15)19(21)22)18-10-11-23-14-7-3-5-12-4-1-2-6-13(12)14/h1-9H,10-11H2,(H,18,20). The number of carbonyl (C=O) groups excluding carboxylic acids is 1. The maximum absolute atomic E-state index is 11.8. The minimum atomic E-state index is -0.694. The molecule has 0 saturated carbocycles. The molecule has 0 aliphatic heterocycles. The lowest BCUT2D eigenvalue weighted by molar-refractivity contribution is -0.402. The molecule has 0 atom stereocenters. The first-order valence-corrected chi connectivity index (χ1v) is 7.28.